The van der Waals surface area contributed by atoms with E-state index in [-0.39, 0.29) is 6.04 Å². The lowest BCUT2D eigenvalue weighted by atomic mass is 10.1. The van der Waals surface area contributed by atoms with Crippen molar-refractivity contribution in [1.82, 2.24) is 4.90 Å². The molecule has 1 heterocycles. The fourth-order valence-corrected chi connectivity index (χ4v) is 2.84. The topological polar surface area (TPSA) is 49.8 Å². The molecule has 18 heavy (non-hydrogen) atoms. The highest BCUT2D eigenvalue weighted by atomic mass is 79.9. The fourth-order valence-electron chi connectivity index (χ4n) is 2.04. The molecule has 1 aliphatic rings. The maximum Gasteiger partial charge on any atom is 0.407 e. The van der Waals surface area contributed by atoms with Gasteiger partial charge in [-0.1, -0.05) is 33.6 Å². The molecule has 0 radical (unpaired) electrons. The fraction of sp³-hybridized carbons (Fsp3) is 0.417. The van der Waals surface area contributed by atoms with Crippen LogP contribution in [0.2, 0.25) is 5.02 Å². The molecule has 2 rings (SSSR count). The van der Waals surface area contributed by atoms with Crippen LogP contribution in [0.1, 0.15) is 18.0 Å². The number of carboxylic acid groups (broad SMARTS) is 1. The molecule has 0 bridgehead atoms. The maximum atomic E-state index is 11.3. The van der Waals surface area contributed by atoms with Crippen LogP contribution in [-0.4, -0.2) is 35.9 Å². The summed E-state index contributed by atoms with van der Waals surface area (Å²) in [6.07, 6.45) is -0.235. The van der Waals surface area contributed by atoms with Crippen LogP contribution in [0.15, 0.2) is 22.7 Å². The molecule has 0 spiro atoms. The number of amides is 1. The summed E-state index contributed by atoms with van der Waals surface area (Å²) in [6, 6.07) is 5.11. The van der Waals surface area contributed by atoms with Crippen LogP contribution in [0.3, 0.4) is 0 Å². The summed E-state index contributed by atoms with van der Waals surface area (Å²) in [4.78, 5) is 12.7. The Morgan fingerprint density at radius 3 is 3.00 bits per heavy atom. The number of ether oxygens (including phenoxy) is 1. The van der Waals surface area contributed by atoms with Gasteiger partial charge in [0.15, 0.2) is 0 Å². The largest absolute Gasteiger partial charge is 0.465 e. The predicted molar refractivity (Wildman–Crippen MR) is 72.1 cm³/mol. The van der Waals surface area contributed by atoms with Gasteiger partial charge in [0.1, 0.15) is 0 Å². The van der Waals surface area contributed by atoms with E-state index in [0.29, 0.717) is 31.2 Å². The molecular weight excluding hydrogens is 321 g/mol. The zero-order chi connectivity index (χ0) is 13.1. The van der Waals surface area contributed by atoms with E-state index in [0.717, 1.165) is 10.0 Å². The Balaban J connectivity index is 2.34. The van der Waals surface area contributed by atoms with E-state index < -0.39 is 6.09 Å². The lowest BCUT2D eigenvalue weighted by Gasteiger charge is -2.27. The number of hydrogen-bond acceptors (Lipinski definition) is 2. The quantitative estimate of drug-likeness (QED) is 0.854. The molecule has 0 saturated carbocycles. The van der Waals surface area contributed by atoms with Crippen molar-refractivity contribution in [2.75, 3.05) is 19.8 Å². The highest BCUT2D eigenvalue weighted by molar-refractivity contribution is 9.10. The van der Waals surface area contributed by atoms with Gasteiger partial charge in [0.05, 0.1) is 12.6 Å². The van der Waals surface area contributed by atoms with E-state index in [1.165, 1.54) is 4.90 Å². The molecule has 98 valence electrons. The molecule has 1 unspecified atom stereocenters. The average Bonchev–Trinajstić information content (AvgIpc) is 2.54. The first-order valence-corrected chi connectivity index (χ1v) is 6.79. The van der Waals surface area contributed by atoms with E-state index >= 15 is 0 Å². The zero-order valence-electron chi connectivity index (χ0n) is 9.60. The third-order valence-corrected chi connectivity index (χ3v) is 3.73. The second-order valence-corrected chi connectivity index (χ2v) is 5.41. The Hall–Kier alpha value is -0.780. The van der Waals surface area contributed by atoms with Gasteiger partial charge in [-0.15, -0.1) is 0 Å². The molecule has 6 heteroatoms. The minimum absolute atomic E-state index is 0.341. The number of carbonyl (C=O) groups is 1. The Labute approximate surface area is 119 Å². The van der Waals surface area contributed by atoms with Crippen molar-refractivity contribution in [3.8, 4) is 0 Å². The Morgan fingerprint density at radius 2 is 2.33 bits per heavy atom. The molecule has 1 saturated heterocycles. The smallest absolute Gasteiger partial charge is 0.407 e. The SMILES string of the molecule is O=C(O)N1CCCOCC1c1ccc(Br)cc1Cl. The van der Waals surface area contributed by atoms with Crippen LogP contribution in [-0.2, 0) is 4.74 Å². The number of benzene rings is 1. The number of halogens is 2. The summed E-state index contributed by atoms with van der Waals surface area (Å²) < 4.78 is 6.32. The van der Waals surface area contributed by atoms with E-state index in [1.54, 1.807) is 6.07 Å². The van der Waals surface area contributed by atoms with Crippen molar-refractivity contribution in [3.63, 3.8) is 0 Å². The van der Waals surface area contributed by atoms with Crippen LogP contribution in [0.5, 0.6) is 0 Å². The second kappa shape index (κ2) is 5.91. The van der Waals surface area contributed by atoms with Crippen molar-refractivity contribution in [1.29, 1.82) is 0 Å². The summed E-state index contributed by atoms with van der Waals surface area (Å²) in [7, 11) is 0. The minimum atomic E-state index is -0.940. The van der Waals surface area contributed by atoms with E-state index in [4.69, 9.17) is 16.3 Å². The monoisotopic (exact) mass is 333 g/mol. The predicted octanol–water partition coefficient (Wildman–Crippen LogP) is 3.54. The zero-order valence-corrected chi connectivity index (χ0v) is 11.9. The number of hydrogen-bond donors (Lipinski definition) is 1. The molecule has 1 aliphatic heterocycles. The first-order valence-electron chi connectivity index (χ1n) is 5.62. The normalized spacial score (nSPS) is 20.6. The van der Waals surface area contributed by atoms with Gasteiger partial charge >= 0.3 is 6.09 Å². The molecular formula is C12H13BrClNO3. The van der Waals surface area contributed by atoms with Crippen LogP contribution >= 0.6 is 27.5 Å². The highest BCUT2D eigenvalue weighted by Gasteiger charge is 2.28. The van der Waals surface area contributed by atoms with Crippen molar-refractivity contribution < 1.29 is 14.6 Å². The average molecular weight is 335 g/mol. The van der Waals surface area contributed by atoms with Gasteiger partial charge in [0.25, 0.3) is 0 Å². The maximum absolute atomic E-state index is 11.3. The van der Waals surface area contributed by atoms with Gasteiger partial charge in [0.2, 0.25) is 0 Å². The first-order chi connectivity index (χ1) is 8.59. The molecule has 0 aromatic heterocycles. The molecule has 1 atom stereocenters. The molecule has 0 aliphatic carbocycles. The lowest BCUT2D eigenvalue weighted by Crippen LogP contribution is -2.35. The van der Waals surface area contributed by atoms with Gasteiger partial charge in [-0.2, -0.15) is 0 Å². The molecule has 1 fully saturated rings. The van der Waals surface area contributed by atoms with Gasteiger partial charge in [-0.3, -0.25) is 4.90 Å². The summed E-state index contributed by atoms with van der Waals surface area (Å²) in [6.45, 7) is 1.38. The minimum Gasteiger partial charge on any atom is -0.465 e. The van der Waals surface area contributed by atoms with E-state index in [2.05, 4.69) is 15.9 Å². The second-order valence-electron chi connectivity index (χ2n) is 4.09. The van der Waals surface area contributed by atoms with Crippen molar-refractivity contribution in [3.05, 3.63) is 33.3 Å². The van der Waals surface area contributed by atoms with E-state index in [9.17, 15) is 9.90 Å². The van der Waals surface area contributed by atoms with Gasteiger partial charge in [-0.25, -0.2) is 4.79 Å². The summed E-state index contributed by atoms with van der Waals surface area (Å²) in [5.41, 5.74) is 0.782. The van der Waals surface area contributed by atoms with Gasteiger partial charge in [-0.05, 0) is 24.1 Å². The molecule has 1 N–H and O–H groups in total. The molecule has 1 amide bonds. The van der Waals surface area contributed by atoms with E-state index in [1.807, 2.05) is 12.1 Å². The standard InChI is InChI=1S/C12H13BrClNO3/c13-8-2-3-9(10(14)6-8)11-7-18-5-1-4-15(11)12(16)17/h2-3,6,11H,1,4-5,7H2,(H,16,17). The van der Waals surface area contributed by atoms with Crippen LogP contribution in [0.25, 0.3) is 0 Å². The molecule has 4 nitrogen and oxygen atoms in total. The van der Waals surface area contributed by atoms with Crippen LogP contribution in [0.4, 0.5) is 4.79 Å². The van der Waals surface area contributed by atoms with Crippen molar-refractivity contribution >= 4 is 33.6 Å². The van der Waals surface area contributed by atoms with Crippen molar-refractivity contribution in [2.45, 2.75) is 12.5 Å². The highest BCUT2D eigenvalue weighted by Crippen LogP contribution is 2.31. The number of rotatable bonds is 1. The molecule has 1 aromatic rings. The third kappa shape index (κ3) is 2.96. The molecule has 1 aromatic carbocycles. The Bertz CT molecular complexity index is 455. The first kappa shape index (κ1) is 13.6. The summed E-state index contributed by atoms with van der Waals surface area (Å²) in [5.74, 6) is 0. The Morgan fingerprint density at radius 1 is 1.56 bits per heavy atom. The van der Waals surface area contributed by atoms with Crippen LogP contribution in [0, 0.1) is 0 Å². The van der Waals surface area contributed by atoms with Crippen molar-refractivity contribution in [2.24, 2.45) is 0 Å². The lowest BCUT2D eigenvalue weighted by molar-refractivity contribution is 0.0904. The third-order valence-electron chi connectivity index (χ3n) is 2.91. The Kier molecular flexibility index (Phi) is 4.48. The van der Waals surface area contributed by atoms with Gasteiger partial charge < -0.3 is 9.84 Å². The van der Waals surface area contributed by atoms with Gasteiger partial charge in [0, 0.05) is 22.6 Å². The number of nitrogens with zero attached hydrogens (tertiary/aromatic N) is 1. The van der Waals surface area contributed by atoms with Crippen LogP contribution < -0.4 is 0 Å². The summed E-state index contributed by atoms with van der Waals surface area (Å²) in [5, 5.41) is 9.81. The summed E-state index contributed by atoms with van der Waals surface area (Å²) >= 11 is 9.52.